The SMILES string of the molecule is O=C(NCc1ccc(F)c(F)c1)c1ccc(-c2cc(-c3ccccc3)n[nH]2)cc1. The van der Waals surface area contributed by atoms with Gasteiger partial charge in [0.1, 0.15) is 0 Å². The summed E-state index contributed by atoms with van der Waals surface area (Å²) in [6.45, 7) is 0.110. The van der Waals surface area contributed by atoms with E-state index in [0.717, 1.165) is 34.6 Å². The smallest absolute Gasteiger partial charge is 0.251 e. The van der Waals surface area contributed by atoms with Crippen LogP contribution in [0.25, 0.3) is 22.5 Å². The number of rotatable bonds is 5. The molecular weight excluding hydrogens is 372 g/mol. The predicted molar refractivity (Wildman–Crippen MR) is 107 cm³/mol. The summed E-state index contributed by atoms with van der Waals surface area (Å²) < 4.78 is 26.2. The molecule has 0 atom stereocenters. The number of aromatic amines is 1. The van der Waals surface area contributed by atoms with Gasteiger partial charge in [-0.25, -0.2) is 8.78 Å². The van der Waals surface area contributed by atoms with Crippen molar-refractivity contribution in [1.29, 1.82) is 0 Å². The molecule has 1 amide bonds. The normalized spacial score (nSPS) is 10.7. The van der Waals surface area contributed by atoms with E-state index in [9.17, 15) is 13.6 Å². The first-order valence-electron chi connectivity index (χ1n) is 9.03. The Hall–Kier alpha value is -3.80. The lowest BCUT2D eigenvalue weighted by atomic mass is 10.1. The van der Waals surface area contributed by atoms with Crippen molar-refractivity contribution in [2.75, 3.05) is 0 Å². The number of benzene rings is 3. The van der Waals surface area contributed by atoms with Crippen molar-refractivity contribution in [1.82, 2.24) is 15.5 Å². The van der Waals surface area contributed by atoms with Gasteiger partial charge in [0.25, 0.3) is 5.91 Å². The highest BCUT2D eigenvalue weighted by Gasteiger charge is 2.09. The largest absolute Gasteiger partial charge is 0.348 e. The Morgan fingerprint density at radius 3 is 2.34 bits per heavy atom. The van der Waals surface area contributed by atoms with E-state index in [2.05, 4.69) is 15.5 Å². The van der Waals surface area contributed by atoms with Crippen molar-refractivity contribution in [3.05, 3.63) is 102 Å². The number of hydrogen-bond donors (Lipinski definition) is 2. The molecule has 0 unspecified atom stereocenters. The number of hydrogen-bond acceptors (Lipinski definition) is 2. The molecule has 29 heavy (non-hydrogen) atoms. The third kappa shape index (κ3) is 4.21. The molecule has 0 saturated carbocycles. The van der Waals surface area contributed by atoms with E-state index in [0.29, 0.717) is 11.1 Å². The lowest BCUT2D eigenvalue weighted by Gasteiger charge is -2.06. The maximum absolute atomic E-state index is 13.2. The molecule has 0 bridgehead atoms. The highest BCUT2D eigenvalue weighted by Crippen LogP contribution is 2.24. The minimum Gasteiger partial charge on any atom is -0.348 e. The molecular formula is C23H17F2N3O. The molecule has 1 heterocycles. The molecule has 3 aromatic carbocycles. The van der Waals surface area contributed by atoms with Gasteiger partial charge in [-0.05, 0) is 41.5 Å². The Morgan fingerprint density at radius 1 is 0.862 bits per heavy atom. The van der Waals surface area contributed by atoms with E-state index in [-0.39, 0.29) is 12.5 Å². The second kappa shape index (κ2) is 8.06. The molecule has 0 saturated heterocycles. The number of nitrogens with one attached hydrogen (secondary N) is 2. The van der Waals surface area contributed by atoms with Gasteiger partial charge >= 0.3 is 0 Å². The molecule has 4 aromatic rings. The zero-order valence-electron chi connectivity index (χ0n) is 15.3. The number of aromatic nitrogens is 2. The van der Waals surface area contributed by atoms with E-state index in [1.807, 2.05) is 48.5 Å². The first-order chi connectivity index (χ1) is 14.1. The second-order valence-corrected chi connectivity index (χ2v) is 6.54. The maximum atomic E-state index is 13.2. The van der Waals surface area contributed by atoms with Gasteiger partial charge in [0.05, 0.1) is 11.4 Å². The van der Waals surface area contributed by atoms with Gasteiger partial charge < -0.3 is 5.32 Å². The molecule has 0 aliphatic heterocycles. The molecule has 1 aromatic heterocycles. The van der Waals surface area contributed by atoms with Crippen LogP contribution in [0.15, 0.2) is 78.9 Å². The average molecular weight is 389 g/mol. The molecule has 0 aliphatic carbocycles. The number of H-pyrrole nitrogens is 1. The summed E-state index contributed by atoms with van der Waals surface area (Å²) in [5, 5.41) is 10.0. The average Bonchev–Trinajstić information content (AvgIpc) is 3.25. The zero-order chi connectivity index (χ0) is 20.2. The molecule has 4 nitrogen and oxygen atoms in total. The van der Waals surface area contributed by atoms with Crippen molar-refractivity contribution in [2.24, 2.45) is 0 Å². The van der Waals surface area contributed by atoms with Crippen molar-refractivity contribution in [3.8, 4) is 22.5 Å². The monoisotopic (exact) mass is 389 g/mol. The Labute approximate surface area is 166 Å². The summed E-state index contributed by atoms with van der Waals surface area (Å²) in [4.78, 5) is 12.3. The fourth-order valence-electron chi connectivity index (χ4n) is 2.96. The van der Waals surface area contributed by atoms with Crippen LogP contribution in [-0.2, 0) is 6.54 Å². The van der Waals surface area contributed by atoms with Crippen molar-refractivity contribution >= 4 is 5.91 Å². The van der Waals surface area contributed by atoms with Crippen molar-refractivity contribution in [2.45, 2.75) is 6.54 Å². The van der Waals surface area contributed by atoms with Gasteiger partial charge in [0.15, 0.2) is 11.6 Å². The van der Waals surface area contributed by atoms with E-state index >= 15 is 0 Å². The lowest BCUT2D eigenvalue weighted by molar-refractivity contribution is 0.0951. The number of nitrogens with zero attached hydrogens (tertiary/aromatic N) is 1. The van der Waals surface area contributed by atoms with Crippen LogP contribution in [-0.4, -0.2) is 16.1 Å². The van der Waals surface area contributed by atoms with Crippen LogP contribution < -0.4 is 5.32 Å². The van der Waals surface area contributed by atoms with Gasteiger partial charge in [-0.3, -0.25) is 9.89 Å². The summed E-state index contributed by atoms with van der Waals surface area (Å²) in [6, 6.07) is 22.4. The van der Waals surface area contributed by atoms with E-state index < -0.39 is 11.6 Å². The molecule has 144 valence electrons. The first kappa shape index (κ1) is 18.6. The van der Waals surface area contributed by atoms with Crippen molar-refractivity contribution < 1.29 is 13.6 Å². The van der Waals surface area contributed by atoms with Crippen LogP contribution in [0.5, 0.6) is 0 Å². The van der Waals surface area contributed by atoms with Crippen LogP contribution in [0.4, 0.5) is 8.78 Å². The summed E-state index contributed by atoms with van der Waals surface area (Å²) in [7, 11) is 0. The quantitative estimate of drug-likeness (QED) is 0.507. The molecule has 0 spiro atoms. The minimum atomic E-state index is -0.935. The van der Waals surface area contributed by atoms with Crippen LogP contribution in [0.3, 0.4) is 0 Å². The van der Waals surface area contributed by atoms with Gasteiger partial charge in [-0.1, -0.05) is 48.5 Å². The van der Waals surface area contributed by atoms with Gasteiger partial charge in [0, 0.05) is 17.7 Å². The number of amides is 1. The Morgan fingerprint density at radius 2 is 1.62 bits per heavy atom. The molecule has 2 N–H and O–H groups in total. The Bertz CT molecular complexity index is 1140. The molecule has 0 aliphatic rings. The van der Waals surface area contributed by atoms with Crippen LogP contribution in [0.1, 0.15) is 15.9 Å². The van der Waals surface area contributed by atoms with Gasteiger partial charge in [0.2, 0.25) is 0 Å². The second-order valence-electron chi connectivity index (χ2n) is 6.54. The fraction of sp³-hybridized carbons (Fsp3) is 0.0435. The summed E-state index contributed by atoms with van der Waals surface area (Å²) >= 11 is 0. The maximum Gasteiger partial charge on any atom is 0.251 e. The third-order valence-corrected chi connectivity index (χ3v) is 4.54. The fourth-order valence-corrected chi connectivity index (χ4v) is 2.96. The summed E-state index contributed by atoms with van der Waals surface area (Å²) in [5.74, 6) is -2.14. The van der Waals surface area contributed by atoms with E-state index in [4.69, 9.17) is 0 Å². The first-order valence-corrected chi connectivity index (χ1v) is 9.03. The van der Waals surface area contributed by atoms with Gasteiger partial charge in [-0.15, -0.1) is 0 Å². The lowest BCUT2D eigenvalue weighted by Crippen LogP contribution is -2.22. The molecule has 6 heteroatoms. The molecule has 0 radical (unpaired) electrons. The highest BCUT2D eigenvalue weighted by atomic mass is 19.2. The Kier molecular flexibility index (Phi) is 5.16. The number of carbonyl (C=O) groups excluding carboxylic acids is 1. The topological polar surface area (TPSA) is 57.8 Å². The van der Waals surface area contributed by atoms with E-state index in [1.165, 1.54) is 6.07 Å². The minimum absolute atomic E-state index is 0.110. The number of halogens is 2. The zero-order valence-corrected chi connectivity index (χ0v) is 15.3. The van der Waals surface area contributed by atoms with Crippen LogP contribution in [0.2, 0.25) is 0 Å². The van der Waals surface area contributed by atoms with Gasteiger partial charge in [-0.2, -0.15) is 5.10 Å². The van der Waals surface area contributed by atoms with Crippen LogP contribution in [0, 0.1) is 11.6 Å². The Balaban J connectivity index is 1.43. The van der Waals surface area contributed by atoms with Crippen molar-refractivity contribution in [3.63, 3.8) is 0 Å². The molecule has 4 rings (SSSR count). The standard InChI is InChI=1S/C23H17F2N3O/c24-19-11-6-15(12-20(19)25)14-26-23(29)18-9-7-17(8-10-18)22-13-21(27-28-22)16-4-2-1-3-5-16/h1-13H,14H2,(H,26,29)(H,27,28). The third-order valence-electron chi connectivity index (χ3n) is 4.54. The van der Waals surface area contributed by atoms with Crippen LogP contribution >= 0.6 is 0 Å². The van der Waals surface area contributed by atoms with E-state index in [1.54, 1.807) is 12.1 Å². The molecule has 0 fully saturated rings. The number of carbonyl (C=O) groups is 1. The summed E-state index contributed by atoms with van der Waals surface area (Å²) in [6.07, 6.45) is 0. The summed E-state index contributed by atoms with van der Waals surface area (Å²) in [5.41, 5.74) is 4.56. The predicted octanol–water partition coefficient (Wildman–Crippen LogP) is 4.95. The highest BCUT2D eigenvalue weighted by molar-refractivity contribution is 5.94.